The summed E-state index contributed by atoms with van der Waals surface area (Å²) in [6.07, 6.45) is 3.76. The minimum absolute atomic E-state index is 0.191. The number of amides is 1. The third-order valence-corrected chi connectivity index (χ3v) is 4.49. The molecule has 0 fully saturated rings. The first-order valence-electron chi connectivity index (χ1n) is 7.49. The molecule has 124 valence electrons. The molecule has 3 rings (SSSR count). The van der Waals surface area contributed by atoms with Crippen molar-refractivity contribution in [3.63, 3.8) is 0 Å². The number of hydrogen-bond donors (Lipinski definition) is 1. The van der Waals surface area contributed by atoms with Crippen LogP contribution in [0.25, 0.3) is 0 Å². The number of halogens is 1. The fourth-order valence-corrected chi connectivity index (χ4v) is 3.07. The average Bonchev–Trinajstić information content (AvgIpc) is 3.23. The quantitative estimate of drug-likeness (QED) is 0.745. The summed E-state index contributed by atoms with van der Waals surface area (Å²) < 4.78 is 14.8. The van der Waals surface area contributed by atoms with Crippen molar-refractivity contribution in [2.24, 2.45) is 0 Å². The molecule has 0 aliphatic rings. The van der Waals surface area contributed by atoms with Gasteiger partial charge in [-0.2, -0.15) is 0 Å². The van der Waals surface area contributed by atoms with Gasteiger partial charge in [0.05, 0.1) is 17.7 Å². The fourth-order valence-electron chi connectivity index (χ4n) is 2.20. The highest BCUT2D eigenvalue weighted by Crippen LogP contribution is 2.17. The van der Waals surface area contributed by atoms with Crippen molar-refractivity contribution in [2.45, 2.75) is 26.4 Å². The van der Waals surface area contributed by atoms with Gasteiger partial charge >= 0.3 is 0 Å². The normalized spacial score (nSPS) is 10.8. The van der Waals surface area contributed by atoms with Crippen LogP contribution in [-0.2, 0) is 19.5 Å². The summed E-state index contributed by atoms with van der Waals surface area (Å²) in [5.41, 5.74) is 0.953. The first-order chi connectivity index (χ1) is 11.7. The molecule has 0 spiro atoms. The lowest BCUT2D eigenvalue weighted by molar-refractivity contribution is 0.0953. The molecule has 2 heterocycles. The van der Waals surface area contributed by atoms with E-state index < -0.39 is 0 Å². The van der Waals surface area contributed by atoms with Gasteiger partial charge in [0.15, 0.2) is 5.82 Å². The number of rotatable bonds is 6. The second-order valence-electron chi connectivity index (χ2n) is 5.14. The van der Waals surface area contributed by atoms with Gasteiger partial charge in [-0.15, -0.1) is 21.5 Å². The summed E-state index contributed by atoms with van der Waals surface area (Å²) >= 11 is 1.33. The van der Waals surface area contributed by atoms with E-state index in [4.69, 9.17) is 0 Å². The summed E-state index contributed by atoms with van der Waals surface area (Å²) in [5, 5.41) is 11.4. The highest BCUT2D eigenvalue weighted by Gasteiger charge is 2.12. The number of benzene rings is 1. The highest BCUT2D eigenvalue weighted by atomic mass is 32.1. The Balaban J connectivity index is 1.60. The molecule has 2 aromatic heterocycles. The zero-order valence-corrected chi connectivity index (χ0v) is 13.9. The molecule has 0 unspecified atom stereocenters. The number of carbonyl (C=O) groups is 1. The number of thiazole rings is 1. The molecule has 0 saturated heterocycles. The molecule has 0 aliphatic carbocycles. The van der Waals surface area contributed by atoms with E-state index in [0.717, 1.165) is 17.1 Å². The lowest BCUT2D eigenvalue weighted by Crippen LogP contribution is -2.23. The van der Waals surface area contributed by atoms with E-state index in [-0.39, 0.29) is 11.7 Å². The maximum Gasteiger partial charge on any atom is 0.263 e. The average molecular weight is 345 g/mol. The predicted molar refractivity (Wildman–Crippen MR) is 88.2 cm³/mol. The van der Waals surface area contributed by atoms with E-state index >= 15 is 0 Å². The van der Waals surface area contributed by atoms with Gasteiger partial charge in [-0.25, -0.2) is 9.37 Å². The van der Waals surface area contributed by atoms with Crippen LogP contribution in [0.5, 0.6) is 0 Å². The third-order valence-electron chi connectivity index (χ3n) is 3.49. The number of carbonyl (C=O) groups excluding carboxylic acids is 1. The van der Waals surface area contributed by atoms with Crippen molar-refractivity contribution in [2.75, 3.05) is 0 Å². The van der Waals surface area contributed by atoms with E-state index in [1.54, 1.807) is 24.7 Å². The highest BCUT2D eigenvalue weighted by molar-refractivity contribution is 7.13. The molecular weight excluding hydrogens is 329 g/mol. The number of aromatic nitrogens is 4. The number of hydrogen-bond acceptors (Lipinski definition) is 5. The van der Waals surface area contributed by atoms with E-state index in [0.29, 0.717) is 23.7 Å². The van der Waals surface area contributed by atoms with E-state index in [2.05, 4.69) is 20.5 Å². The summed E-state index contributed by atoms with van der Waals surface area (Å²) in [6.45, 7) is 3.05. The van der Waals surface area contributed by atoms with Crippen LogP contribution in [0.4, 0.5) is 4.39 Å². The molecule has 0 saturated carbocycles. The van der Waals surface area contributed by atoms with Crippen LogP contribution in [0.3, 0.4) is 0 Å². The number of nitrogens with one attached hydrogen (secondary N) is 1. The zero-order chi connectivity index (χ0) is 16.9. The molecule has 1 aromatic carbocycles. The van der Waals surface area contributed by atoms with Crippen LogP contribution in [0.15, 0.2) is 36.8 Å². The van der Waals surface area contributed by atoms with Crippen LogP contribution in [-0.4, -0.2) is 25.7 Å². The molecular formula is C16H16FN5OS. The van der Waals surface area contributed by atoms with Gasteiger partial charge < -0.3 is 9.88 Å². The summed E-state index contributed by atoms with van der Waals surface area (Å²) in [7, 11) is 0. The van der Waals surface area contributed by atoms with Gasteiger partial charge in [-0.1, -0.05) is 12.1 Å². The molecule has 0 atom stereocenters. The SMILES string of the molecule is CCn1cnnc1CNC(=O)c1cnc(Cc2ccc(F)cc2)s1. The second kappa shape index (κ2) is 7.31. The Morgan fingerprint density at radius 3 is 2.88 bits per heavy atom. The first kappa shape index (κ1) is 16.3. The fraction of sp³-hybridized carbons (Fsp3) is 0.250. The monoisotopic (exact) mass is 345 g/mol. The lowest BCUT2D eigenvalue weighted by atomic mass is 10.2. The standard InChI is InChI=1S/C16H16FN5OS/c1-2-22-10-20-21-14(22)9-19-16(23)13-8-18-15(24-13)7-11-3-5-12(17)6-4-11/h3-6,8,10H,2,7,9H2,1H3,(H,19,23). The Morgan fingerprint density at radius 1 is 1.33 bits per heavy atom. The van der Waals surface area contributed by atoms with Crippen molar-refractivity contribution in [1.82, 2.24) is 25.1 Å². The largest absolute Gasteiger partial charge is 0.344 e. The minimum Gasteiger partial charge on any atom is -0.344 e. The van der Waals surface area contributed by atoms with Crippen LogP contribution in [0.1, 0.15) is 33.0 Å². The molecule has 8 heteroatoms. The first-order valence-corrected chi connectivity index (χ1v) is 8.31. The predicted octanol–water partition coefficient (Wildman–Crippen LogP) is 2.41. The van der Waals surface area contributed by atoms with E-state index in [1.807, 2.05) is 11.5 Å². The summed E-state index contributed by atoms with van der Waals surface area (Å²) in [4.78, 5) is 17.0. The van der Waals surface area contributed by atoms with Gasteiger partial charge in [-0.05, 0) is 24.6 Å². The molecule has 6 nitrogen and oxygen atoms in total. The second-order valence-corrected chi connectivity index (χ2v) is 6.25. The Hall–Kier alpha value is -2.61. The van der Waals surface area contributed by atoms with Crippen molar-refractivity contribution in [3.8, 4) is 0 Å². The van der Waals surface area contributed by atoms with Crippen LogP contribution < -0.4 is 5.32 Å². The Labute approximate surface area is 142 Å². The zero-order valence-electron chi connectivity index (χ0n) is 13.1. The van der Waals surface area contributed by atoms with Gasteiger partial charge in [0, 0.05) is 13.0 Å². The molecule has 1 amide bonds. The van der Waals surface area contributed by atoms with Crippen LogP contribution >= 0.6 is 11.3 Å². The van der Waals surface area contributed by atoms with Gasteiger partial charge in [0.25, 0.3) is 5.91 Å². The van der Waals surface area contributed by atoms with Gasteiger partial charge in [0.2, 0.25) is 0 Å². The molecule has 3 aromatic rings. The van der Waals surface area contributed by atoms with E-state index in [1.165, 1.54) is 23.5 Å². The molecule has 24 heavy (non-hydrogen) atoms. The van der Waals surface area contributed by atoms with E-state index in [9.17, 15) is 9.18 Å². The maximum absolute atomic E-state index is 12.9. The molecule has 0 bridgehead atoms. The van der Waals surface area contributed by atoms with Crippen molar-refractivity contribution < 1.29 is 9.18 Å². The van der Waals surface area contributed by atoms with Crippen molar-refractivity contribution in [3.05, 3.63) is 63.9 Å². The molecule has 0 radical (unpaired) electrons. The minimum atomic E-state index is -0.266. The van der Waals surface area contributed by atoms with Crippen LogP contribution in [0, 0.1) is 5.82 Å². The summed E-state index contributed by atoms with van der Waals surface area (Å²) in [5.74, 6) is 0.253. The smallest absolute Gasteiger partial charge is 0.263 e. The Morgan fingerprint density at radius 2 is 2.12 bits per heavy atom. The van der Waals surface area contributed by atoms with Gasteiger partial charge in [-0.3, -0.25) is 4.79 Å². The summed E-state index contributed by atoms with van der Waals surface area (Å²) in [6, 6.07) is 6.27. The lowest BCUT2D eigenvalue weighted by Gasteiger charge is -2.04. The van der Waals surface area contributed by atoms with Crippen molar-refractivity contribution >= 4 is 17.2 Å². The number of nitrogens with zero attached hydrogens (tertiary/aromatic N) is 4. The van der Waals surface area contributed by atoms with Crippen molar-refractivity contribution in [1.29, 1.82) is 0 Å². The number of aryl methyl sites for hydroxylation is 1. The molecule has 1 N–H and O–H groups in total. The third kappa shape index (κ3) is 3.83. The Kier molecular flexibility index (Phi) is 4.95. The topological polar surface area (TPSA) is 72.7 Å². The molecule has 0 aliphatic heterocycles. The Bertz CT molecular complexity index is 827. The van der Waals surface area contributed by atoms with Crippen LogP contribution in [0.2, 0.25) is 0 Å². The maximum atomic E-state index is 12.9. The van der Waals surface area contributed by atoms with Gasteiger partial charge in [0.1, 0.15) is 17.0 Å².